The van der Waals surface area contributed by atoms with Gasteiger partial charge in [0.2, 0.25) is 0 Å². The Kier molecular flexibility index (Phi) is 4.92. The Bertz CT molecular complexity index is 985. The predicted molar refractivity (Wildman–Crippen MR) is 114 cm³/mol. The van der Waals surface area contributed by atoms with Crippen LogP contribution in [0.3, 0.4) is 0 Å². The molecule has 0 unspecified atom stereocenters. The Morgan fingerprint density at radius 1 is 0.966 bits per heavy atom. The number of imidazole rings is 1. The maximum Gasteiger partial charge on any atom is 0.321 e. The van der Waals surface area contributed by atoms with Crippen molar-refractivity contribution < 1.29 is 4.79 Å². The molecule has 0 bridgehead atoms. The second-order valence-corrected chi connectivity index (χ2v) is 8.18. The van der Waals surface area contributed by atoms with Crippen LogP contribution in [0.2, 0.25) is 0 Å². The van der Waals surface area contributed by atoms with Crippen molar-refractivity contribution in [3.63, 3.8) is 0 Å². The van der Waals surface area contributed by atoms with Gasteiger partial charge in [0, 0.05) is 36.9 Å². The van der Waals surface area contributed by atoms with Crippen LogP contribution in [-0.4, -0.2) is 38.6 Å². The summed E-state index contributed by atoms with van der Waals surface area (Å²) in [4.78, 5) is 24.2. The molecule has 3 aromatic rings. The number of para-hydroxylation sites is 1. The summed E-state index contributed by atoms with van der Waals surface area (Å²) in [5.41, 5.74) is 2.84. The average molecular weight is 390 g/mol. The number of aromatic nitrogens is 3. The van der Waals surface area contributed by atoms with Crippen molar-refractivity contribution in [1.82, 2.24) is 19.4 Å². The molecule has 1 aliphatic heterocycles. The minimum atomic E-state index is -0.0146. The maximum atomic E-state index is 12.6. The molecular weight excluding hydrogens is 362 g/mol. The number of nitrogens with one attached hydrogen (secondary N) is 1. The second-order valence-electron chi connectivity index (χ2n) is 8.18. The van der Waals surface area contributed by atoms with E-state index in [9.17, 15) is 4.79 Å². The van der Waals surface area contributed by atoms with Crippen LogP contribution in [0.5, 0.6) is 0 Å². The monoisotopic (exact) mass is 389 g/mol. The lowest BCUT2D eigenvalue weighted by molar-refractivity contribution is 0.183. The van der Waals surface area contributed by atoms with Crippen LogP contribution in [0, 0.1) is 0 Å². The van der Waals surface area contributed by atoms with Crippen molar-refractivity contribution in [3.05, 3.63) is 54.5 Å². The quantitative estimate of drug-likeness (QED) is 0.689. The van der Waals surface area contributed by atoms with E-state index in [1.165, 1.54) is 31.5 Å². The molecule has 6 heteroatoms. The number of nitrogens with zero attached hydrogens (tertiary/aromatic N) is 4. The summed E-state index contributed by atoms with van der Waals surface area (Å²) in [7, 11) is 0. The number of anilines is 1. The number of amides is 2. The number of likely N-dealkylation sites (tertiary alicyclic amines) is 1. The molecule has 150 valence electrons. The lowest BCUT2D eigenvalue weighted by Gasteiger charge is -2.34. The van der Waals surface area contributed by atoms with Gasteiger partial charge >= 0.3 is 6.03 Å². The Morgan fingerprint density at radius 2 is 1.72 bits per heavy atom. The zero-order valence-corrected chi connectivity index (χ0v) is 16.6. The molecular formula is C23H27N5O. The topological polar surface area (TPSA) is 63.1 Å². The summed E-state index contributed by atoms with van der Waals surface area (Å²) in [6, 6.07) is 14.0. The van der Waals surface area contributed by atoms with Gasteiger partial charge in [-0.25, -0.2) is 14.8 Å². The normalized spacial score (nSPS) is 18.4. The zero-order valence-electron chi connectivity index (χ0n) is 16.6. The SMILES string of the molecule is O=C(Nc1ccccc1)N1CCC(n2c(C3CCCC3)nc3cccnc32)CC1. The minimum absolute atomic E-state index is 0.0146. The third-order valence-corrected chi connectivity index (χ3v) is 6.34. The van der Waals surface area contributed by atoms with Crippen LogP contribution < -0.4 is 5.32 Å². The molecule has 1 aliphatic carbocycles. The number of piperidine rings is 1. The Hall–Kier alpha value is -2.89. The number of rotatable bonds is 3. The van der Waals surface area contributed by atoms with Gasteiger partial charge in [0.1, 0.15) is 11.3 Å². The van der Waals surface area contributed by atoms with Gasteiger partial charge in [0.05, 0.1) is 0 Å². The molecule has 6 nitrogen and oxygen atoms in total. The molecule has 2 fully saturated rings. The van der Waals surface area contributed by atoms with Gasteiger partial charge in [-0.1, -0.05) is 31.0 Å². The third-order valence-electron chi connectivity index (χ3n) is 6.34. The lowest BCUT2D eigenvalue weighted by atomic mass is 10.0. The van der Waals surface area contributed by atoms with E-state index in [1.807, 2.05) is 47.5 Å². The Labute approximate surface area is 171 Å². The minimum Gasteiger partial charge on any atom is -0.324 e. The fraction of sp³-hybridized carbons (Fsp3) is 0.435. The first-order valence-corrected chi connectivity index (χ1v) is 10.7. The number of benzene rings is 1. The van der Waals surface area contributed by atoms with E-state index in [2.05, 4.69) is 20.9 Å². The van der Waals surface area contributed by atoms with E-state index < -0.39 is 0 Å². The van der Waals surface area contributed by atoms with Gasteiger partial charge in [-0.15, -0.1) is 0 Å². The van der Waals surface area contributed by atoms with Gasteiger partial charge in [0.25, 0.3) is 0 Å². The fourth-order valence-electron chi connectivity index (χ4n) is 4.83. The first-order valence-electron chi connectivity index (χ1n) is 10.7. The van der Waals surface area contributed by atoms with Crippen molar-refractivity contribution in [2.45, 2.75) is 50.5 Å². The smallest absolute Gasteiger partial charge is 0.321 e. The van der Waals surface area contributed by atoms with Crippen molar-refractivity contribution in [3.8, 4) is 0 Å². The highest BCUT2D eigenvalue weighted by Crippen LogP contribution is 2.38. The molecule has 29 heavy (non-hydrogen) atoms. The largest absolute Gasteiger partial charge is 0.324 e. The van der Waals surface area contributed by atoms with Gasteiger partial charge in [-0.3, -0.25) is 0 Å². The highest BCUT2D eigenvalue weighted by Gasteiger charge is 2.30. The highest BCUT2D eigenvalue weighted by molar-refractivity contribution is 5.89. The number of hydrogen-bond donors (Lipinski definition) is 1. The molecule has 1 aromatic carbocycles. The molecule has 5 rings (SSSR count). The first kappa shape index (κ1) is 18.2. The van der Waals surface area contributed by atoms with Crippen molar-refractivity contribution in [1.29, 1.82) is 0 Å². The van der Waals surface area contributed by atoms with Gasteiger partial charge < -0.3 is 14.8 Å². The summed E-state index contributed by atoms with van der Waals surface area (Å²) in [6.07, 6.45) is 8.76. The maximum absolute atomic E-state index is 12.6. The van der Waals surface area contributed by atoms with E-state index in [4.69, 9.17) is 4.98 Å². The standard InChI is InChI=1S/C23H27N5O/c29-23(25-18-9-2-1-3-10-18)27-15-12-19(13-16-27)28-21(17-7-4-5-8-17)26-20-11-6-14-24-22(20)28/h1-3,6,9-11,14,17,19H,4-5,7-8,12-13,15-16H2,(H,25,29). The summed E-state index contributed by atoms with van der Waals surface area (Å²) in [6.45, 7) is 1.50. The summed E-state index contributed by atoms with van der Waals surface area (Å²) < 4.78 is 2.40. The van der Waals surface area contributed by atoms with Gasteiger partial charge in [0.15, 0.2) is 5.65 Å². The van der Waals surface area contributed by atoms with E-state index in [0.717, 1.165) is 42.8 Å². The Balaban J connectivity index is 1.33. The van der Waals surface area contributed by atoms with E-state index in [1.54, 1.807) is 0 Å². The third kappa shape index (κ3) is 3.59. The summed E-state index contributed by atoms with van der Waals surface area (Å²) in [5.74, 6) is 1.76. The molecule has 1 N–H and O–H groups in total. The molecule has 0 radical (unpaired) electrons. The molecule has 1 saturated carbocycles. The molecule has 0 spiro atoms. The van der Waals surface area contributed by atoms with Crippen LogP contribution in [-0.2, 0) is 0 Å². The molecule has 2 amide bonds. The van der Waals surface area contributed by atoms with Crippen molar-refractivity contribution in [2.24, 2.45) is 0 Å². The van der Waals surface area contributed by atoms with Gasteiger partial charge in [-0.05, 0) is 49.9 Å². The predicted octanol–water partition coefficient (Wildman–Crippen LogP) is 4.96. The van der Waals surface area contributed by atoms with E-state index >= 15 is 0 Å². The highest BCUT2D eigenvalue weighted by atomic mass is 16.2. The second kappa shape index (κ2) is 7.85. The summed E-state index contributed by atoms with van der Waals surface area (Å²) >= 11 is 0. The Morgan fingerprint density at radius 3 is 2.48 bits per heavy atom. The number of pyridine rings is 1. The first-order chi connectivity index (χ1) is 14.3. The fourth-order valence-corrected chi connectivity index (χ4v) is 4.83. The van der Waals surface area contributed by atoms with Gasteiger partial charge in [-0.2, -0.15) is 0 Å². The van der Waals surface area contributed by atoms with Crippen LogP contribution in [0.15, 0.2) is 48.7 Å². The van der Waals surface area contributed by atoms with E-state index in [0.29, 0.717) is 12.0 Å². The zero-order chi connectivity index (χ0) is 19.6. The van der Waals surface area contributed by atoms with E-state index in [-0.39, 0.29) is 6.03 Å². The van der Waals surface area contributed by atoms with Crippen molar-refractivity contribution >= 4 is 22.9 Å². The number of carbonyl (C=O) groups is 1. The van der Waals surface area contributed by atoms with Crippen molar-refractivity contribution in [2.75, 3.05) is 18.4 Å². The molecule has 2 aromatic heterocycles. The van der Waals surface area contributed by atoms with Crippen LogP contribution in [0.1, 0.15) is 56.3 Å². The number of carbonyl (C=O) groups excluding carboxylic acids is 1. The number of urea groups is 1. The lowest BCUT2D eigenvalue weighted by Crippen LogP contribution is -2.41. The molecule has 3 heterocycles. The van der Waals surface area contributed by atoms with Crippen LogP contribution in [0.4, 0.5) is 10.5 Å². The van der Waals surface area contributed by atoms with Crippen LogP contribution in [0.25, 0.3) is 11.2 Å². The number of fused-ring (bicyclic) bond motifs is 1. The molecule has 0 atom stereocenters. The number of hydrogen-bond acceptors (Lipinski definition) is 3. The molecule has 1 saturated heterocycles. The summed E-state index contributed by atoms with van der Waals surface area (Å²) in [5, 5.41) is 3.00. The average Bonchev–Trinajstić information content (AvgIpc) is 3.42. The van der Waals surface area contributed by atoms with Crippen LogP contribution >= 0.6 is 0 Å². The molecule has 2 aliphatic rings.